The molecule has 0 aliphatic carbocycles. The highest BCUT2D eigenvalue weighted by molar-refractivity contribution is 9.10. The lowest BCUT2D eigenvalue weighted by Crippen LogP contribution is -2.09. The number of hydrogen-bond donors (Lipinski definition) is 0. The number of hydrogen-bond acceptors (Lipinski definition) is 3. The van der Waals surface area contributed by atoms with E-state index in [1.165, 1.54) is 0 Å². The molecule has 0 bridgehead atoms. The Balaban J connectivity index is 2.09. The lowest BCUT2D eigenvalue weighted by molar-refractivity contribution is 0.0737. The van der Waals surface area contributed by atoms with Crippen molar-refractivity contribution in [1.29, 1.82) is 0 Å². The van der Waals surface area contributed by atoms with Crippen LogP contribution in [0, 0.1) is 6.92 Å². The molecule has 1 aromatic heterocycles. The van der Waals surface area contributed by atoms with Crippen molar-refractivity contribution in [3.8, 4) is 5.75 Å². The van der Waals surface area contributed by atoms with Gasteiger partial charge in [-0.25, -0.2) is 9.78 Å². The van der Waals surface area contributed by atoms with E-state index in [0.29, 0.717) is 21.5 Å². The first-order valence-electron chi connectivity index (χ1n) is 6.69. The van der Waals surface area contributed by atoms with Crippen LogP contribution in [0.4, 0.5) is 0 Å². The zero-order valence-electron chi connectivity index (χ0n) is 11.9. The summed E-state index contributed by atoms with van der Waals surface area (Å²) in [5.41, 5.74) is 1.65. The van der Waals surface area contributed by atoms with Crippen LogP contribution in [0.5, 0.6) is 5.75 Å². The van der Waals surface area contributed by atoms with Gasteiger partial charge >= 0.3 is 5.97 Å². The SMILES string of the molecule is Cc1ccc2c(Cl)cc(Cl)c(OC(=O)c3cccc(Br)c3)c2n1. The maximum absolute atomic E-state index is 12.4. The molecule has 0 aliphatic heterocycles. The van der Waals surface area contributed by atoms with Gasteiger partial charge in [-0.2, -0.15) is 0 Å². The molecule has 23 heavy (non-hydrogen) atoms. The van der Waals surface area contributed by atoms with Crippen molar-refractivity contribution in [2.75, 3.05) is 0 Å². The second-order valence-electron chi connectivity index (χ2n) is 4.92. The molecule has 0 unspecified atom stereocenters. The largest absolute Gasteiger partial charge is 0.419 e. The van der Waals surface area contributed by atoms with Gasteiger partial charge in [0.2, 0.25) is 0 Å². The molecule has 0 amide bonds. The third-order valence-corrected chi connectivity index (χ3v) is 4.32. The van der Waals surface area contributed by atoms with Crippen LogP contribution >= 0.6 is 39.1 Å². The molecule has 116 valence electrons. The summed E-state index contributed by atoms with van der Waals surface area (Å²) in [5, 5.41) is 1.38. The van der Waals surface area contributed by atoms with Crippen molar-refractivity contribution in [2.45, 2.75) is 6.92 Å². The van der Waals surface area contributed by atoms with Gasteiger partial charge in [-0.3, -0.25) is 0 Å². The monoisotopic (exact) mass is 409 g/mol. The van der Waals surface area contributed by atoms with Gasteiger partial charge in [0.15, 0.2) is 5.75 Å². The van der Waals surface area contributed by atoms with Crippen molar-refractivity contribution in [1.82, 2.24) is 4.98 Å². The van der Waals surface area contributed by atoms with Gasteiger partial charge in [-0.15, -0.1) is 0 Å². The molecule has 1 heterocycles. The predicted octanol–water partition coefficient (Wildman–Crippen LogP) is 5.83. The van der Waals surface area contributed by atoms with Crippen molar-refractivity contribution in [3.63, 3.8) is 0 Å². The van der Waals surface area contributed by atoms with Gasteiger partial charge in [-0.05, 0) is 43.3 Å². The normalized spacial score (nSPS) is 10.8. The molecule has 0 fully saturated rings. The Morgan fingerprint density at radius 1 is 1.13 bits per heavy atom. The fourth-order valence-electron chi connectivity index (χ4n) is 2.15. The number of rotatable bonds is 2. The van der Waals surface area contributed by atoms with E-state index >= 15 is 0 Å². The van der Waals surface area contributed by atoms with Gasteiger partial charge in [0.25, 0.3) is 0 Å². The lowest BCUT2D eigenvalue weighted by Gasteiger charge is -2.11. The van der Waals surface area contributed by atoms with Gasteiger partial charge < -0.3 is 4.74 Å². The Morgan fingerprint density at radius 2 is 1.91 bits per heavy atom. The first kappa shape index (κ1) is 16.2. The predicted molar refractivity (Wildman–Crippen MR) is 95.6 cm³/mol. The number of aryl methyl sites for hydroxylation is 1. The van der Waals surface area contributed by atoms with Crippen molar-refractivity contribution in [2.24, 2.45) is 0 Å². The number of carbonyl (C=O) groups excluding carboxylic acids is 1. The number of pyridine rings is 1. The molecule has 3 rings (SSSR count). The van der Waals surface area contributed by atoms with E-state index in [4.69, 9.17) is 27.9 Å². The quantitative estimate of drug-likeness (QED) is 0.394. The standard InChI is InChI=1S/C17H10BrCl2NO2/c1-9-5-6-12-13(19)8-14(20)16(15(12)21-9)23-17(22)10-3-2-4-11(18)7-10/h2-8H,1H3. The molecule has 3 nitrogen and oxygen atoms in total. The Labute approximate surface area is 151 Å². The van der Waals surface area contributed by atoms with Crippen LogP contribution in [-0.4, -0.2) is 11.0 Å². The highest BCUT2D eigenvalue weighted by atomic mass is 79.9. The fraction of sp³-hybridized carbons (Fsp3) is 0.0588. The molecule has 0 saturated carbocycles. The molecule has 0 N–H and O–H groups in total. The summed E-state index contributed by atoms with van der Waals surface area (Å²) in [7, 11) is 0. The number of carbonyl (C=O) groups is 1. The molecule has 0 spiro atoms. The smallest absolute Gasteiger partial charge is 0.343 e. The number of fused-ring (bicyclic) bond motifs is 1. The number of halogens is 3. The summed E-state index contributed by atoms with van der Waals surface area (Å²) in [6.07, 6.45) is 0. The Morgan fingerprint density at radius 3 is 2.65 bits per heavy atom. The summed E-state index contributed by atoms with van der Waals surface area (Å²) in [6, 6.07) is 12.1. The van der Waals surface area contributed by atoms with Gasteiger partial charge in [-0.1, -0.05) is 45.2 Å². The maximum atomic E-state index is 12.4. The summed E-state index contributed by atoms with van der Waals surface area (Å²) >= 11 is 15.7. The number of ether oxygens (including phenoxy) is 1. The molecule has 0 atom stereocenters. The van der Waals surface area contributed by atoms with E-state index in [-0.39, 0.29) is 10.8 Å². The van der Waals surface area contributed by atoms with E-state index in [2.05, 4.69) is 20.9 Å². The van der Waals surface area contributed by atoms with Crippen molar-refractivity contribution < 1.29 is 9.53 Å². The van der Waals surface area contributed by atoms with E-state index in [9.17, 15) is 4.79 Å². The topological polar surface area (TPSA) is 39.2 Å². The van der Waals surface area contributed by atoms with Gasteiger partial charge in [0, 0.05) is 15.6 Å². The minimum Gasteiger partial charge on any atom is -0.419 e. The van der Waals surface area contributed by atoms with Crippen LogP contribution in [0.3, 0.4) is 0 Å². The number of aromatic nitrogens is 1. The molecule has 0 radical (unpaired) electrons. The highest BCUT2D eigenvalue weighted by Gasteiger charge is 2.17. The Kier molecular flexibility index (Phi) is 4.57. The molecular weight excluding hydrogens is 401 g/mol. The summed E-state index contributed by atoms with van der Waals surface area (Å²) in [4.78, 5) is 16.8. The average Bonchev–Trinajstić information content (AvgIpc) is 2.51. The zero-order valence-corrected chi connectivity index (χ0v) is 15.0. The van der Waals surface area contributed by atoms with E-state index in [0.717, 1.165) is 10.2 Å². The second-order valence-corrected chi connectivity index (χ2v) is 6.65. The van der Waals surface area contributed by atoms with E-state index in [1.54, 1.807) is 24.3 Å². The molecule has 0 aliphatic rings. The first-order chi connectivity index (χ1) is 11.0. The first-order valence-corrected chi connectivity index (χ1v) is 8.23. The average molecular weight is 411 g/mol. The van der Waals surface area contributed by atoms with Crippen LogP contribution in [0.2, 0.25) is 10.0 Å². The minimum absolute atomic E-state index is 0.208. The van der Waals surface area contributed by atoms with Crippen LogP contribution in [0.25, 0.3) is 10.9 Å². The van der Waals surface area contributed by atoms with Gasteiger partial charge in [0.1, 0.15) is 5.52 Å². The highest BCUT2D eigenvalue weighted by Crippen LogP contribution is 2.37. The van der Waals surface area contributed by atoms with Crippen LogP contribution < -0.4 is 4.74 Å². The van der Waals surface area contributed by atoms with Crippen molar-refractivity contribution >= 4 is 56.0 Å². The summed E-state index contributed by atoms with van der Waals surface area (Å²) < 4.78 is 6.28. The van der Waals surface area contributed by atoms with Crippen LogP contribution in [0.1, 0.15) is 16.1 Å². The van der Waals surface area contributed by atoms with E-state index in [1.807, 2.05) is 25.1 Å². The Bertz CT molecular complexity index is 928. The number of benzene rings is 2. The molecule has 3 aromatic rings. The fourth-order valence-corrected chi connectivity index (χ4v) is 3.11. The lowest BCUT2D eigenvalue weighted by atomic mass is 10.2. The molecule has 6 heteroatoms. The summed E-state index contributed by atoms with van der Waals surface area (Å²) in [5.74, 6) is -0.306. The summed E-state index contributed by atoms with van der Waals surface area (Å²) in [6.45, 7) is 1.84. The minimum atomic E-state index is -0.514. The molecule has 0 saturated heterocycles. The van der Waals surface area contributed by atoms with Crippen molar-refractivity contribution in [3.05, 3.63) is 68.2 Å². The zero-order chi connectivity index (χ0) is 16.6. The number of esters is 1. The van der Waals surface area contributed by atoms with Crippen LogP contribution in [0.15, 0.2) is 46.9 Å². The van der Waals surface area contributed by atoms with E-state index < -0.39 is 5.97 Å². The Hall–Kier alpha value is -1.62. The van der Waals surface area contributed by atoms with Crippen LogP contribution in [-0.2, 0) is 0 Å². The molecular formula is C17H10BrCl2NO2. The molecule has 2 aromatic carbocycles. The maximum Gasteiger partial charge on any atom is 0.343 e. The van der Waals surface area contributed by atoms with Gasteiger partial charge in [0.05, 0.1) is 15.6 Å². The second kappa shape index (κ2) is 6.48. The third-order valence-electron chi connectivity index (χ3n) is 3.23. The third kappa shape index (κ3) is 3.34. The number of nitrogens with zero attached hydrogens (tertiary/aromatic N) is 1.